The summed E-state index contributed by atoms with van der Waals surface area (Å²) in [4.78, 5) is 5.23. The molecule has 0 saturated carbocycles. The number of pyridine rings is 1. The van der Waals surface area contributed by atoms with E-state index >= 15 is 0 Å². The second-order valence-corrected chi connectivity index (χ2v) is 19.4. The van der Waals surface area contributed by atoms with E-state index in [-0.39, 0.29) is 6.04 Å². The van der Waals surface area contributed by atoms with Gasteiger partial charge in [-0.1, -0.05) is 99.5 Å². The van der Waals surface area contributed by atoms with Crippen LogP contribution in [-0.4, -0.2) is 13.8 Å². The molecule has 2 atom stereocenters. The zero-order valence-electron chi connectivity index (χ0n) is 27.8. The molecular weight excluding hydrogens is 589 g/mol. The molecule has 232 valence electrons. The van der Waals surface area contributed by atoms with Gasteiger partial charge >= 0.3 is 0 Å². The third kappa shape index (κ3) is 4.94. The molecule has 0 fully saturated rings. The fourth-order valence-corrected chi connectivity index (χ4v) is 9.92. The van der Waals surface area contributed by atoms with Crippen molar-refractivity contribution in [2.45, 2.75) is 57.8 Å². The van der Waals surface area contributed by atoms with Gasteiger partial charge in [-0.25, -0.2) is 0 Å². The predicted octanol–water partition coefficient (Wildman–Crippen LogP) is 10.2. The second-order valence-electron chi connectivity index (χ2n) is 14.3. The van der Waals surface area contributed by atoms with Crippen molar-refractivity contribution in [3.05, 3.63) is 144 Å². The molecule has 4 heterocycles. The number of aromatic nitrogens is 1. The molecule has 0 amide bonds. The molecule has 0 radical (unpaired) electrons. The topological polar surface area (TPSA) is 29.4 Å². The zero-order valence-corrected chi connectivity index (χ0v) is 28.8. The highest BCUT2D eigenvalue weighted by atomic mass is 28.3. The number of aryl methyl sites for hydroxylation is 2. The summed E-state index contributed by atoms with van der Waals surface area (Å²) in [5.74, 6) is 0.325. The van der Waals surface area contributed by atoms with Crippen molar-refractivity contribution in [1.82, 2.24) is 0 Å². The number of benzene rings is 4. The van der Waals surface area contributed by atoms with Gasteiger partial charge in [0.2, 0.25) is 5.69 Å². The summed E-state index contributed by atoms with van der Waals surface area (Å²) in [6, 6.07) is 33.2. The minimum absolute atomic E-state index is 0.228. The van der Waals surface area contributed by atoms with Gasteiger partial charge in [0.1, 0.15) is 11.2 Å². The molecule has 2 aliphatic rings. The first-order chi connectivity index (χ1) is 22.7. The molecule has 4 aromatic carbocycles. The highest BCUT2D eigenvalue weighted by Gasteiger charge is 2.42. The van der Waals surface area contributed by atoms with E-state index in [0.29, 0.717) is 5.92 Å². The predicted molar refractivity (Wildman–Crippen MR) is 200 cm³/mol. The van der Waals surface area contributed by atoms with Crippen molar-refractivity contribution in [3.8, 4) is 22.4 Å². The summed E-state index contributed by atoms with van der Waals surface area (Å²) in [5.41, 5.74) is 13.6. The summed E-state index contributed by atoms with van der Waals surface area (Å²) in [5, 5.41) is 3.74. The van der Waals surface area contributed by atoms with E-state index in [1.807, 2.05) is 12.1 Å². The third-order valence-corrected chi connectivity index (χ3v) is 12.5. The van der Waals surface area contributed by atoms with E-state index in [4.69, 9.17) is 9.41 Å². The van der Waals surface area contributed by atoms with Crippen LogP contribution in [0, 0.1) is 6.92 Å². The Balaban J connectivity index is 1.29. The minimum Gasteiger partial charge on any atom is -0.455 e. The first-order valence-electron chi connectivity index (χ1n) is 16.8. The molecule has 6 aromatic rings. The van der Waals surface area contributed by atoms with Gasteiger partial charge in [0.05, 0.1) is 20.2 Å². The molecule has 2 aliphatic heterocycles. The molecule has 47 heavy (non-hydrogen) atoms. The Hall–Kier alpha value is -4.80. The van der Waals surface area contributed by atoms with E-state index < -0.39 is 8.07 Å². The van der Waals surface area contributed by atoms with Gasteiger partial charge in [0.25, 0.3) is 0 Å². The van der Waals surface area contributed by atoms with Crippen molar-refractivity contribution in [1.29, 1.82) is 0 Å². The molecule has 4 heteroatoms. The molecule has 0 N–H and O–H groups in total. The van der Waals surface area contributed by atoms with E-state index in [1.165, 1.54) is 38.7 Å². The van der Waals surface area contributed by atoms with Gasteiger partial charge in [-0.3, -0.25) is 4.99 Å². The molecule has 0 aliphatic carbocycles. The number of nitrogens with zero attached hydrogens (tertiary/aromatic N) is 2. The largest absolute Gasteiger partial charge is 0.455 e. The van der Waals surface area contributed by atoms with Crippen LogP contribution in [0.2, 0.25) is 19.6 Å². The maximum absolute atomic E-state index is 6.76. The van der Waals surface area contributed by atoms with Gasteiger partial charge in [-0.15, -0.1) is 0 Å². The normalized spacial score (nSPS) is 17.8. The van der Waals surface area contributed by atoms with Crippen molar-refractivity contribution in [2.75, 3.05) is 0 Å². The average molecular weight is 630 g/mol. The number of hydrogen-bond acceptors (Lipinski definition) is 2. The van der Waals surface area contributed by atoms with Gasteiger partial charge in [-0.2, -0.15) is 4.57 Å². The molecule has 3 nitrogen and oxygen atoms in total. The number of hydrogen-bond donors (Lipinski definition) is 0. The second kappa shape index (κ2) is 11.2. The fraction of sp³-hybridized carbons (Fsp3) is 0.209. The fourth-order valence-electron chi connectivity index (χ4n) is 8.14. The molecular formula is C43H41N2OSi+. The lowest BCUT2D eigenvalue weighted by molar-refractivity contribution is -0.717. The summed E-state index contributed by atoms with van der Waals surface area (Å²) in [7, 11) is -1.56. The minimum atomic E-state index is -1.56. The average Bonchev–Trinajstić information content (AvgIpc) is 3.44. The number of furan rings is 1. The summed E-state index contributed by atoms with van der Waals surface area (Å²) in [6.45, 7) is 18.4. The first kappa shape index (κ1) is 29.6. The lowest BCUT2D eigenvalue weighted by Crippen LogP contribution is -2.53. The molecule has 0 bridgehead atoms. The number of aliphatic imine (C=N–C) groups is 1. The lowest BCUT2D eigenvalue weighted by Gasteiger charge is -2.33. The highest BCUT2D eigenvalue weighted by Crippen LogP contribution is 2.44. The number of fused-ring (bicyclic) bond motifs is 11. The van der Waals surface area contributed by atoms with Crippen LogP contribution in [0.4, 0.5) is 0 Å². The highest BCUT2D eigenvalue weighted by molar-refractivity contribution is 6.88. The Morgan fingerprint density at radius 2 is 1.66 bits per heavy atom. The monoisotopic (exact) mass is 629 g/mol. The molecule has 0 saturated heterocycles. The van der Waals surface area contributed by atoms with Crippen LogP contribution in [0.25, 0.3) is 44.3 Å². The van der Waals surface area contributed by atoms with Gasteiger partial charge < -0.3 is 4.42 Å². The molecule has 2 aromatic heterocycles. The quantitative estimate of drug-likeness (QED) is 0.141. The van der Waals surface area contributed by atoms with E-state index in [2.05, 4.69) is 135 Å². The summed E-state index contributed by atoms with van der Waals surface area (Å²) >= 11 is 0. The van der Waals surface area contributed by atoms with Crippen LogP contribution in [-0.2, 0) is 6.42 Å². The molecule has 2 unspecified atom stereocenters. The zero-order chi connectivity index (χ0) is 32.4. The maximum atomic E-state index is 6.76. The Morgan fingerprint density at radius 3 is 2.45 bits per heavy atom. The van der Waals surface area contributed by atoms with Crippen molar-refractivity contribution < 1.29 is 8.98 Å². The maximum Gasteiger partial charge on any atom is 0.213 e. The number of rotatable bonds is 3. The number of allylic oxidation sites excluding steroid dienone is 2. The van der Waals surface area contributed by atoms with E-state index in [0.717, 1.165) is 63.7 Å². The van der Waals surface area contributed by atoms with Crippen LogP contribution in [0.5, 0.6) is 0 Å². The van der Waals surface area contributed by atoms with Crippen LogP contribution in [0.15, 0.2) is 132 Å². The Bertz CT molecular complexity index is 2270. The Labute approximate surface area is 278 Å². The van der Waals surface area contributed by atoms with Crippen LogP contribution < -0.4 is 9.75 Å². The van der Waals surface area contributed by atoms with Gasteiger partial charge in [0, 0.05) is 44.8 Å². The van der Waals surface area contributed by atoms with Gasteiger partial charge in [-0.05, 0) is 71.9 Å². The standard InChI is InChI=1S/C43H41N2OSi/c1-7-37-42-30(18-22-36-35-21-19-31(25-40(35)46-43(36)42)29-13-9-8-10-14-29)17-20-34-32-15-11-12-16-33(32)38-23-27(2)41(47(4,5)6)26-45(38)39(34)24-28(3)44-37/h7-16,18-19,21-23,25-26,34,39H,1,3,17,20,24H2,2,4-6H3/q+1. The molecule has 8 rings (SSSR count). The Kier molecular flexibility index (Phi) is 7.03. The Morgan fingerprint density at radius 1 is 0.894 bits per heavy atom. The van der Waals surface area contributed by atoms with Crippen molar-refractivity contribution in [3.63, 3.8) is 0 Å². The van der Waals surface area contributed by atoms with Crippen LogP contribution in [0.1, 0.15) is 47.1 Å². The van der Waals surface area contributed by atoms with Gasteiger partial charge in [0.15, 0.2) is 12.2 Å². The van der Waals surface area contributed by atoms with Crippen LogP contribution in [0.3, 0.4) is 0 Å². The summed E-state index contributed by atoms with van der Waals surface area (Å²) < 4.78 is 9.34. The third-order valence-electron chi connectivity index (χ3n) is 10.3. The first-order valence-corrected chi connectivity index (χ1v) is 20.3. The smallest absolute Gasteiger partial charge is 0.213 e. The van der Waals surface area contributed by atoms with E-state index in [1.54, 1.807) is 0 Å². The summed E-state index contributed by atoms with van der Waals surface area (Å²) in [6.07, 6.45) is 7.06. The lowest BCUT2D eigenvalue weighted by atomic mass is 9.77. The van der Waals surface area contributed by atoms with Crippen LogP contribution >= 0.6 is 0 Å². The van der Waals surface area contributed by atoms with Crippen molar-refractivity contribution >= 4 is 40.9 Å². The van der Waals surface area contributed by atoms with E-state index in [9.17, 15) is 0 Å². The van der Waals surface area contributed by atoms with Crippen molar-refractivity contribution in [2.24, 2.45) is 4.99 Å². The SMILES string of the molecule is C=CC1=NC(=C)CC2C(CCc3ccc4c(oc5cc(-c6ccccc6)ccc54)c31)c1ccccc1-c1cc(C)c([Si](C)(C)C)c[n+]12. The molecule has 0 spiro atoms.